The van der Waals surface area contributed by atoms with Crippen molar-refractivity contribution in [3.8, 4) is 5.75 Å². The van der Waals surface area contributed by atoms with Gasteiger partial charge in [0.1, 0.15) is 0 Å². The van der Waals surface area contributed by atoms with Gasteiger partial charge in [0.15, 0.2) is 5.75 Å². The van der Waals surface area contributed by atoms with Gasteiger partial charge >= 0.3 is 0 Å². The van der Waals surface area contributed by atoms with Gasteiger partial charge in [-0.15, -0.1) is 0 Å². The zero-order valence-corrected chi connectivity index (χ0v) is 15.6. The highest BCUT2D eigenvalue weighted by atomic mass is 16.5. The van der Waals surface area contributed by atoms with E-state index in [4.69, 9.17) is 4.74 Å². The van der Waals surface area contributed by atoms with Crippen LogP contribution in [0.1, 0.15) is 36.8 Å². The number of ether oxygens (including phenoxy) is 1. The SMILES string of the molecule is COc1c(C(=O)NCCNCCNC(C)(C)C)cc(C)n(C)c1=O. The Morgan fingerprint density at radius 1 is 1.21 bits per heavy atom. The molecule has 0 radical (unpaired) electrons. The maximum Gasteiger partial charge on any atom is 0.293 e. The molecule has 0 aliphatic rings. The molecule has 1 rings (SSSR count). The average molecular weight is 338 g/mol. The topological polar surface area (TPSA) is 84.4 Å². The smallest absolute Gasteiger partial charge is 0.293 e. The summed E-state index contributed by atoms with van der Waals surface area (Å²) in [4.78, 5) is 24.4. The number of pyridine rings is 1. The molecule has 1 aromatic rings. The van der Waals surface area contributed by atoms with Crippen LogP contribution in [0.15, 0.2) is 10.9 Å². The van der Waals surface area contributed by atoms with Crippen molar-refractivity contribution in [1.82, 2.24) is 20.5 Å². The summed E-state index contributed by atoms with van der Waals surface area (Å²) in [5.41, 5.74) is 0.767. The molecule has 0 saturated carbocycles. The van der Waals surface area contributed by atoms with Crippen LogP contribution >= 0.6 is 0 Å². The molecule has 0 aliphatic heterocycles. The second-order valence-corrected chi connectivity index (χ2v) is 6.78. The Balaban J connectivity index is 2.48. The largest absolute Gasteiger partial charge is 0.491 e. The van der Waals surface area contributed by atoms with Crippen LogP contribution < -0.4 is 26.2 Å². The molecule has 0 unspecified atom stereocenters. The quantitative estimate of drug-likeness (QED) is 0.598. The Hall–Kier alpha value is -1.86. The van der Waals surface area contributed by atoms with E-state index in [0.29, 0.717) is 18.8 Å². The first kappa shape index (κ1) is 20.2. The van der Waals surface area contributed by atoms with Crippen LogP contribution in [0.2, 0.25) is 0 Å². The summed E-state index contributed by atoms with van der Waals surface area (Å²) < 4.78 is 6.56. The van der Waals surface area contributed by atoms with E-state index < -0.39 is 0 Å². The van der Waals surface area contributed by atoms with E-state index in [9.17, 15) is 9.59 Å². The lowest BCUT2D eigenvalue weighted by Crippen LogP contribution is -2.41. The zero-order chi connectivity index (χ0) is 18.3. The van der Waals surface area contributed by atoms with Crippen LogP contribution in [-0.2, 0) is 7.05 Å². The number of hydrogen-bond donors (Lipinski definition) is 3. The van der Waals surface area contributed by atoms with Crippen molar-refractivity contribution in [1.29, 1.82) is 0 Å². The molecule has 0 bridgehead atoms. The lowest BCUT2D eigenvalue weighted by Gasteiger charge is -2.20. The average Bonchev–Trinajstić information content (AvgIpc) is 2.50. The molecule has 0 aliphatic carbocycles. The number of aryl methyl sites for hydroxylation is 1. The van der Waals surface area contributed by atoms with Gasteiger partial charge in [-0.05, 0) is 33.8 Å². The molecule has 1 heterocycles. The minimum Gasteiger partial charge on any atom is -0.491 e. The normalized spacial score (nSPS) is 11.4. The predicted molar refractivity (Wildman–Crippen MR) is 95.9 cm³/mol. The summed E-state index contributed by atoms with van der Waals surface area (Å²) in [5.74, 6) is -0.231. The van der Waals surface area contributed by atoms with Gasteiger partial charge in [-0.1, -0.05) is 0 Å². The standard InChI is InChI=1S/C17H30N4O3/c1-12-11-13(14(24-6)16(23)21(12)5)15(22)19-9-7-18-8-10-20-17(2,3)4/h11,18,20H,7-10H2,1-6H3,(H,19,22). The Labute approximate surface area is 143 Å². The van der Waals surface area contributed by atoms with Crippen LogP contribution in [0.3, 0.4) is 0 Å². The lowest BCUT2D eigenvalue weighted by atomic mass is 10.1. The van der Waals surface area contributed by atoms with Crippen molar-refractivity contribution < 1.29 is 9.53 Å². The highest BCUT2D eigenvalue weighted by molar-refractivity contribution is 5.96. The molecule has 0 aromatic carbocycles. The van der Waals surface area contributed by atoms with Crippen molar-refractivity contribution in [2.75, 3.05) is 33.3 Å². The van der Waals surface area contributed by atoms with E-state index in [1.165, 1.54) is 11.7 Å². The summed E-state index contributed by atoms with van der Waals surface area (Å²) in [5, 5.41) is 9.43. The number of amides is 1. The third-order valence-corrected chi connectivity index (χ3v) is 3.62. The number of aromatic nitrogens is 1. The molecular formula is C17H30N4O3. The summed E-state index contributed by atoms with van der Waals surface area (Å²) in [6.45, 7) is 10.9. The zero-order valence-electron chi connectivity index (χ0n) is 15.6. The van der Waals surface area contributed by atoms with Gasteiger partial charge in [-0.25, -0.2) is 0 Å². The molecule has 7 nitrogen and oxygen atoms in total. The first-order valence-electron chi connectivity index (χ1n) is 8.16. The highest BCUT2D eigenvalue weighted by Gasteiger charge is 2.17. The number of nitrogens with zero attached hydrogens (tertiary/aromatic N) is 1. The Morgan fingerprint density at radius 3 is 2.42 bits per heavy atom. The molecule has 1 amide bonds. The first-order valence-corrected chi connectivity index (χ1v) is 8.16. The fraction of sp³-hybridized carbons (Fsp3) is 0.647. The van der Waals surface area contributed by atoms with Crippen molar-refractivity contribution in [2.24, 2.45) is 7.05 Å². The number of nitrogens with one attached hydrogen (secondary N) is 3. The van der Waals surface area contributed by atoms with E-state index in [1.807, 2.05) is 0 Å². The van der Waals surface area contributed by atoms with Gasteiger partial charge in [0, 0.05) is 44.5 Å². The molecule has 3 N–H and O–H groups in total. The summed E-state index contributed by atoms with van der Waals surface area (Å²) in [7, 11) is 3.05. The van der Waals surface area contributed by atoms with E-state index >= 15 is 0 Å². The molecule has 1 aromatic heterocycles. The van der Waals surface area contributed by atoms with Gasteiger partial charge in [-0.2, -0.15) is 0 Å². The Morgan fingerprint density at radius 2 is 1.83 bits per heavy atom. The molecule has 0 saturated heterocycles. The number of carbonyl (C=O) groups excluding carboxylic acids is 1. The van der Waals surface area contributed by atoms with Crippen LogP contribution in [-0.4, -0.2) is 49.3 Å². The van der Waals surface area contributed by atoms with Gasteiger partial charge in [-0.3, -0.25) is 9.59 Å². The molecular weight excluding hydrogens is 308 g/mol. The van der Waals surface area contributed by atoms with Crippen LogP contribution in [0.25, 0.3) is 0 Å². The number of hydrogen-bond acceptors (Lipinski definition) is 5. The van der Waals surface area contributed by atoms with Gasteiger partial charge < -0.3 is 25.3 Å². The van der Waals surface area contributed by atoms with Crippen molar-refractivity contribution >= 4 is 5.91 Å². The van der Waals surface area contributed by atoms with Crippen molar-refractivity contribution in [3.63, 3.8) is 0 Å². The van der Waals surface area contributed by atoms with Gasteiger partial charge in [0.2, 0.25) is 0 Å². The Bertz CT molecular complexity index is 617. The minimum atomic E-state index is -0.311. The third-order valence-electron chi connectivity index (χ3n) is 3.62. The van der Waals surface area contributed by atoms with Crippen LogP contribution in [0, 0.1) is 6.92 Å². The molecule has 0 fully saturated rings. The summed E-state index contributed by atoms with van der Waals surface area (Å²) in [6.07, 6.45) is 0. The third kappa shape index (κ3) is 5.98. The number of carbonyl (C=O) groups is 1. The fourth-order valence-electron chi connectivity index (χ4n) is 2.18. The first-order chi connectivity index (χ1) is 11.2. The fourth-order valence-corrected chi connectivity index (χ4v) is 2.18. The van der Waals surface area contributed by atoms with Crippen LogP contribution in [0.4, 0.5) is 0 Å². The molecule has 136 valence electrons. The molecule has 24 heavy (non-hydrogen) atoms. The van der Waals surface area contributed by atoms with Gasteiger partial charge in [0.25, 0.3) is 11.5 Å². The van der Waals surface area contributed by atoms with E-state index in [2.05, 4.69) is 36.7 Å². The van der Waals surface area contributed by atoms with Crippen LogP contribution in [0.5, 0.6) is 5.75 Å². The number of methoxy groups -OCH3 is 1. The lowest BCUT2D eigenvalue weighted by molar-refractivity contribution is 0.0950. The van der Waals surface area contributed by atoms with Gasteiger partial charge in [0.05, 0.1) is 12.7 Å². The molecule has 7 heteroatoms. The van der Waals surface area contributed by atoms with Crippen molar-refractivity contribution in [3.05, 3.63) is 27.7 Å². The predicted octanol–water partition coefficient (Wildman–Crippen LogP) is 0.410. The summed E-state index contributed by atoms with van der Waals surface area (Å²) >= 11 is 0. The number of rotatable bonds is 8. The Kier molecular flexibility index (Phi) is 7.44. The highest BCUT2D eigenvalue weighted by Crippen LogP contribution is 2.14. The van der Waals surface area contributed by atoms with Crippen molar-refractivity contribution in [2.45, 2.75) is 33.2 Å². The molecule has 0 atom stereocenters. The maximum atomic E-state index is 12.3. The second kappa shape index (κ2) is 8.84. The maximum absolute atomic E-state index is 12.3. The molecule has 0 spiro atoms. The minimum absolute atomic E-state index is 0.0722. The monoisotopic (exact) mass is 338 g/mol. The van der Waals surface area contributed by atoms with E-state index in [1.54, 1.807) is 20.0 Å². The second-order valence-electron chi connectivity index (χ2n) is 6.78. The van der Waals surface area contributed by atoms with E-state index in [-0.39, 0.29) is 28.3 Å². The van der Waals surface area contributed by atoms with E-state index in [0.717, 1.165) is 13.1 Å². The summed E-state index contributed by atoms with van der Waals surface area (Å²) in [6, 6.07) is 1.66.